The maximum absolute atomic E-state index is 14.4. The molecule has 9 heteroatoms. The van der Waals surface area contributed by atoms with E-state index in [2.05, 4.69) is 0 Å². The summed E-state index contributed by atoms with van der Waals surface area (Å²) in [6, 6.07) is 11.1. The summed E-state index contributed by atoms with van der Waals surface area (Å²) in [7, 11) is -1.42. The fourth-order valence-corrected chi connectivity index (χ4v) is 6.05. The Hall–Kier alpha value is -2.65. The first-order valence-corrected chi connectivity index (χ1v) is 11.5. The van der Waals surface area contributed by atoms with E-state index in [1.807, 2.05) is 24.3 Å². The highest BCUT2D eigenvalue weighted by Crippen LogP contribution is 2.35. The van der Waals surface area contributed by atoms with Gasteiger partial charge in [-0.25, -0.2) is 12.8 Å². The summed E-state index contributed by atoms with van der Waals surface area (Å²) in [5.41, 5.74) is 2.20. The fraction of sp³-hybridized carbons (Fsp3) is 0.409. The topological polar surface area (TPSA) is 76.1 Å². The van der Waals surface area contributed by atoms with E-state index in [4.69, 9.17) is 9.47 Å². The fourth-order valence-electron chi connectivity index (χ4n) is 4.25. The molecule has 166 valence electrons. The number of nitrogens with zero attached hydrogens (tertiary/aromatic N) is 2. The number of alkyl halides is 1. The number of amides is 1. The van der Waals surface area contributed by atoms with Crippen molar-refractivity contribution in [1.29, 1.82) is 0 Å². The molecule has 1 saturated heterocycles. The van der Waals surface area contributed by atoms with Crippen molar-refractivity contribution in [2.45, 2.75) is 36.5 Å². The van der Waals surface area contributed by atoms with E-state index in [1.165, 1.54) is 31.9 Å². The Morgan fingerprint density at radius 2 is 1.84 bits per heavy atom. The van der Waals surface area contributed by atoms with Crippen LogP contribution < -0.4 is 9.47 Å². The lowest BCUT2D eigenvalue weighted by Gasteiger charge is -2.33. The zero-order chi connectivity index (χ0) is 22.2. The third kappa shape index (κ3) is 3.99. The molecule has 1 amide bonds. The van der Waals surface area contributed by atoms with Crippen LogP contribution in [-0.2, 0) is 27.8 Å². The first-order valence-electron chi connectivity index (χ1n) is 10.1. The van der Waals surface area contributed by atoms with E-state index in [9.17, 15) is 17.6 Å². The second kappa shape index (κ2) is 8.47. The van der Waals surface area contributed by atoms with Crippen LogP contribution in [0, 0.1) is 0 Å². The van der Waals surface area contributed by atoms with Crippen LogP contribution in [-0.4, -0.2) is 63.1 Å². The van der Waals surface area contributed by atoms with E-state index in [-0.39, 0.29) is 29.5 Å². The predicted octanol–water partition coefficient (Wildman–Crippen LogP) is 2.39. The van der Waals surface area contributed by atoms with Gasteiger partial charge in [-0.1, -0.05) is 24.3 Å². The molecular formula is C22H25FN2O5S. The van der Waals surface area contributed by atoms with Gasteiger partial charge in [-0.05, 0) is 29.7 Å². The lowest BCUT2D eigenvalue weighted by atomic mass is 9.99. The average molecular weight is 449 g/mol. The van der Waals surface area contributed by atoms with Gasteiger partial charge in [-0.15, -0.1) is 0 Å². The number of carbonyl (C=O) groups excluding carboxylic acids is 1. The average Bonchev–Trinajstić information content (AvgIpc) is 3.20. The second-order valence-corrected chi connectivity index (χ2v) is 9.58. The number of rotatable bonds is 5. The largest absolute Gasteiger partial charge is 0.497 e. The van der Waals surface area contributed by atoms with Crippen LogP contribution in [0.3, 0.4) is 0 Å². The summed E-state index contributed by atoms with van der Waals surface area (Å²) in [6.07, 6.45) is -0.899. The maximum atomic E-state index is 14.4. The van der Waals surface area contributed by atoms with Crippen molar-refractivity contribution in [2.24, 2.45) is 0 Å². The number of hydrogen-bond donors (Lipinski definition) is 0. The van der Waals surface area contributed by atoms with Gasteiger partial charge in [0.15, 0.2) is 0 Å². The predicted molar refractivity (Wildman–Crippen MR) is 112 cm³/mol. The van der Waals surface area contributed by atoms with Crippen LogP contribution in [0.1, 0.15) is 17.5 Å². The van der Waals surface area contributed by atoms with Gasteiger partial charge in [0, 0.05) is 32.1 Å². The molecule has 2 heterocycles. The first-order chi connectivity index (χ1) is 14.8. The van der Waals surface area contributed by atoms with Crippen molar-refractivity contribution < 1.29 is 27.1 Å². The molecule has 2 aromatic carbocycles. The Labute approximate surface area is 181 Å². The third-order valence-corrected chi connectivity index (χ3v) is 7.79. The molecule has 2 aliphatic rings. The Morgan fingerprint density at radius 3 is 2.55 bits per heavy atom. The molecule has 0 unspecified atom stereocenters. The highest BCUT2D eigenvalue weighted by molar-refractivity contribution is 7.89. The number of methoxy groups -OCH3 is 2. The molecule has 31 heavy (non-hydrogen) atoms. The molecule has 2 aliphatic heterocycles. The Kier molecular flexibility index (Phi) is 5.90. The standard InChI is InChI=1S/C22H25FN2O5S/c1-29-18-7-8-20(30-2)21(12-18)31(27,28)25-14-17(23)11-19(25)22(26)24-10-9-15-5-3-4-6-16(15)13-24/h3-8,12,17,19H,9-11,13-14H2,1-2H3/t17-,19-/m0/s1. The first kappa shape index (κ1) is 21.6. The van der Waals surface area contributed by atoms with Crippen molar-refractivity contribution in [3.63, 3.8) is 0 Å². The maximum Gasteiger partial charge on any atom is 0.247 e. The number of halogens is 1. The Balaban J connectivity index is 1.65. The van der Waals surface area contributed by atoms with Crippen LogP contribution in [0.2, 0.25) is 0 Å². The van der Waals surface area contributed by atoms with Crippen molar-refractivity contribution in [3.8, 4) is 11.5 Å². The molecule has 0 aliphatic carbocycles. The summed E-state index contributed by atoms with van der Waals surface area (Å²) in [4.78, 5) is 14.8. The van der Waals surface area contributed by atoms with E-state index in [1.54, 1.807) is 11.0 Å². The zero-order valence-corrected chi connectivity index (χ0v) is 18.3. The lowest BCUT2D eigenvalue weighted by Crippen LogP contribution is -2.49. The molecule has 1 fully saturated rings. The summed E-state index contributed by atoms with van der Waals surface area (Å²) < 4.78 is 52.7. The van der Waals surface area contributed by atoms with Crippen LogP contribution >= 0.6 is 0 Å². The minimum atomic E-state index is -4.20. The van der Waals surface area contributed by atoms with E-state index < -0.39 is 22.2 Å². The molecule has 0 saturated carbocycles. The van der Waals surface area contributed by atoms with Crippen LogP contribution in [0.4, 0.5) is 4.39 Å². The molecule has 2 aromatic rings. The van der Waals surface area contributed by atoms with E-state index in [0.29, 0.717) is 25.3 Å². The van der Waals surface area contributed by atoms with Gasteiger partial charge < -0.3 is 14.4 Å². The van der Waals surface area contributed by atoms with Gasteiger partial charge in [-0.2, -0.15) is 4.31 Å². The molecule has 4 rings (SSSR count). The number of hydrogen-bond acceptors (Lipinski definition) is 5. The molecule has 0 spiro atoms. The summed E-state index contributed by atoms with van der Waals surface area (Å²) in [5, 5.41) is 0. The monoisotopic (exact) mass is 448 g/mol. The molecule has 0 radical (unpaired) electrons. The number of benzene rings is 2. The third-order valence-electron chi connectivity index (χ3n) is 5.89. The van der Waals surface area contributed by atoms with Gasteiger partial charge in [0.05, 0.1) is 14.2 Å². The summed E-state index contributed by atoms with van der Waals surface area (Å²) in [6.45, 7) is 0.488. The number of carbonyl (C=O) groups is 1. The van der Waals surface area contributed by atoms with Crippen LogP contribution in [0.25, 0.3) is 0 Å². The molecule has 0 bridgehead atoms. The molecule has 2 atom stereocenters. The smallest absolute Gasteiger partial charge is 0.247 e. The molecule has 0 aromatic heterocycles. The normalized spacial score (nSPS) is 21.6. The molecular weight excluding hydrogens is 423 g/mol. The van der Waals surface area contributed by atoms with Gasteiger partial charge in [0.2, 0.25) is 15.9 Å². The Bertz CT molecular complexity index is 1090. The van der Waals surface area contributed by atoms with Crippen molar-refractivity contribution in [1.82, 2.24) is 9.21 Å². The van der Waals surface area contributed by atoms with Crippen molar-refractivity contribution in [3.05, 3.63) is 53.6 Å². The minimum absolute atomic E-state index is 0.112. The summed E-state index contributed by atoms with van der Waals surface area (Å²) in [5.74, 6) is 0.0622. The number of fused-ring (bicyclic) bond motifs is 1. The van der Waals surface area contributed by atoms with Gasteiger partial charge in [0.25, 0.3) is 0 Å². The highest BCUT2D eigenvalue weighted by atomic mass is 32.2. The van der Waals surface area contributed by atoms with Gasteiger partial charge >= 0.3 is 0 Å². The highest BCUT2D eigenvalue weighted by Gasteiger charge is 2.46. The zero-order valence-electron chi connectivity index (χ0n) is 17.5. The lowest BCUT2D eigenvalue weighted by molar-refractivity contribution is -0.135. The molecule has 0 N–H and O–H groups in total. The van der Waals surface area contributed by atoms with Crippen LogP contribution in [0.5, 0.6) is 11.5 Å². The van der Waals surface area contributed by atoms with E-state index in [0.717, 1.165) is 9.87 Å². The van der Waals surface area contributed by atoms with Crippen molar-refractivity contribution in [2.75, 3.05) is 27.3 Å². The quantitative estimate of drug-likeness (QED) is 0.702. The number of sulfonamides is 1. The SMILES string of the molecule is COc1ccc(OC)c(S(=O)(=O)N2C[C@@H](F)C[C@H]2C(=O)N2CCc3ccccc3C2)c1. The minimum Gasteiger partial charge on any atom is -0.497 e. The van der Waals surface area contributed by atoms with Crippen LogP contribution in [0.15, 0.2) is 47.4 Å². The van der Waals surface area contributed by atoms with Crippen molar-refractivity contribution >= 4 is 15.9 Å². The van der Waals surface area contributed by atoms with Gasteiger partial charge in [-0.3, -0.25) is 4.79 Å². The summed E-state index contributed by atoms with van der Waals surface area (Å²) >= 11 is 0. The molecule has 7 nitrogen and oxygen atoms in total. The number of ether oxygens (including phenoxy) is 2. The van der Waals surface area contributed by atoms with Gasteiger partial charge in [0.1, 0.15) is 28.6 Å². The second-order valence-electron chi connectivity index (χ2n) is 7.72. The Morgan fingerprint density at radius 1 is 1.10 bits per heavy atom. The van der Waals surface area contributed by atoms with E-state index >= 15 is 0 Å².